The van der Waals surface area contributed by atoms with E-state index in [1.807, 2.05) is 192 Å². The molecule has 0 bridgehead atoms. The van der Waals surface area contributed by atoms with Crippen LogP contribution in [-0.4, -0.2) is 135 Å². The smallest absolute Gasteiger partial charge is 0.205 e. The molecule has 4 fully saturated rings. The highest BCUT2D eigenvalue weighted by Gasteiger charge is 2.56. The van der Waals surface area contributed by atoms with Crippen LogP contribution in [0, 0.1) is 69.2 Å². The topological polar surface area (TPSA) is 263 Å². The standard InChI is InChI=1S/C24H23N3O2.C22H21N3O2S.C22H23N3O2.C20H17N3O2S/c1-13-10-19-21(11-14(13)2)26-23-24(29,22(19)28)7-8-27(23)18-5-6-20-17(12-18)9-15(3)16(4)25-20;1-4-19-23-17-11-14(5-6-18(17)28-19)25-8-7-22(27)20(26)15-9-12(2)13(3)10-16(15)24-21(22)25;1-13-9-17-19(10-14(13)2)24-21-22(27,20(17)26)7-8-25(21)16-11-15-5-3-4-6-18(15)23-12-16;1-11-3-4-13-10-14(5-6-16(13)21-11)23-8-7-20(25)17(24)15-9-12(2)26-18(15)22-19(20)23/h5-6,9-12,29H,7-8H2,1-4H3;5-6,9-11,27H,4,7-8H2,1-3H3;9-12,27H,3-8H2,1-2H3;3-6,9-10,25H,7-8H2,1-2H3/t24-;2*22-;20-/m1111/s1. The fourth-order valence-electron chi connectivity index (χ4n) is 16.6. The Bertz CT molecular complexity index is 5990. The van der Waals surface area contributed by atoms with E-state index in [1.165, 1.54) is 35.4 Å². The maximum absolute atomic E-state index is 13.2. The highest BCUT2D eigenvalue weighted by atomic mass is 32.1. The van der Waals surface area contributed by atoms with E-state index in [1.54, 1.807) is 11.3 Å². The van der Waals surface area contributed by atoms with Crippen molar-refractivity contribution < 1.29 is 39.6 Å². The summed E-state index contributed by atoms with van der Waals surface area (Å²) in [6, 6.07) is 39.6. The van der Waals surface area contributed by atoms with Crippen molar-refractivity contribution in [3.8, 4) is 0 Å². The molecule has 556 valence electrons. The predicted molar refractivity (Wildman–Crippen MR) is 438 cm³/mol. The number of aliphatic hydroxyl groups is 4. The first-order valence-corrected chi connectivity index (χ1v) is 39.4. The Morgan fingerprint density at radius 3 is 1.39 bits per heavy atom. The number of hydrogen-bond acceptors (Lipinski definition) is 22. The number of thiophene rings is 1. The number of amidine groups is 4. The van der Waals surface area contributed by atoms with Crippen molar-refractivity contribution in [2.45, 2.75) is 156 Å². The summed E-state index contributed by atoms with van der Waals surface area (Å²) >= 11 is 3.19. The Hall–Kier alpha value is -10.7. The van der Waals surface area contributed by atoms with E-state index >= 15 is 0 Å². The highest BCUT2D eigenvalue weighted by Crippen LogP contribution is 2.47. The van der Waals surface area contributed by atoms with Gasteiger partial charge in [0.25, 0.3) is 0 Å². The number of aliphatic imine (C=N–C) groups is 4. The zero-order chi connectivity index (χ0) is 76.9. The number of aromatic nitrogens is 4. The van der Waals surface area contributed by atoms with E-state index in [9.17, 15) is 39.6 Å². The van der Waals surface area contributed by atoms with Crippen molar-refractivity contribution >= 4 is 146 Å². The van der Waals surface area contributed by atoms with Crippen LogP contribution in [0.15, 0.2) is 147 Å². The third-order valence-electron chi connectivity index (χ3n) is 23.5. The summed E-state index contributed by atoms with van der Waals surface area (Å²) in [6.07, 6.45) is 8.61. The third kappa shape index (κ3) is 11.9. The van der Waals surface area contributed by atoms with Crippen LogP contribution in [-0.2, 0) is 19.3 Å². The minimum Gasteiger partial charge on any atom is -0.374 e. The summed E-state index contributed by atoms with van der Waals surface area (Å²) in [7, 11) is 0. The van der Waals surface area contributed by atoms with Gasteiger partial charge in [0.05, 0.1) is 60.8 Å². The van der Waals surface area contributed by atoms with Gasteiger partial charge in [-0.25, -0.2) is 25.0 Å². The van der Waals surface area contributed by atoms with Gasteiger partial charge in [-0.1, -0.05) is 13.0 Å². The third-order valence-corrected chi connectivity index (χ3v) is 25.6. The van der Waals surface area contributed by atoms with Crippen LogP contribution in [0.4, 0.5) is 44.8 Å². The van der Waals surface area contributed by atoms with Gasteiger partial charge in [-0.05, 0) is 261 Å². The number of thiazole rings is 1. The molecule has 0 saturated carbocycles. The van der Waals surface area contributed by atoms with Crippen molar-refractivity contribution in [2.24, 2.45) is 20.0 Å². The minimum atomic E-state index is -1.56. The van der Waals surface area contributed by atoms with E-state index in [0.29, 0.717) is 120 Å². The molecule has 0 spiro atoms. The van der Waals surface area contributed by atoms with Crippen molar-refractivity contribution in [1.82, 2.24) is 19.9 Å². The molecule has 110 heavy (non-hydrogen) atoms. The van der Waals surface area contributed by atoms with E-state index in [0.717, 1.165) is 134 Å². The zero-order valence-electron chi connectivity index (χ0n) is 63.4. The number of pyridine rings is 3. The van der Waals surface area contributed by atoms with E-state index in [4.69, 9.17) is 15.0 Å². The maximum atomic E-state index is 13.2. The van der Waals surface area contributed by atoms with Crippen LogP contribution in [0.25, 0.3) is 32.0 Å². The number of fused-ring (bicyclic) bond motifs is 12. The summed E-state index contributed by atoms with van der Waals surface area (Å²) in [5, 5.41) is 48.7. The summed E-state index contributed by atoms with van der Waals surface area (Å²) in [5.74, 6) is 0.768. The Morgan fingerprint density at radius 1 is 0.409 bits per heavy atom. The average Bonchev–Trinajstić information content (AvgIpc) is 1.56. The molecule has 20 rings (SSSR count). The first-order chi connectivity index (χ1) is 52.6. The van der Waals surface area contributed by atoms with Crippen LogP contribution in [0.2, 0.25) is 0 Å². The zero-order valence-corrected chi connectivity index (χ0v) is 65.1. The largest absolute Gasteiger partial charge is 0.374 e. The highest BCUT2D eigenvalue weighted by molar-refractivity contribution is 7.18. The molecular weight excluding hydrogens is 1420 g/mol. The molecule has 13 heterocycles. The molecular formula is C88H84N12O8S2. The lowest BCUT2D eigenvalue weighted by atomic mass is 9.86. The number of ketones is 4. The number of carbonyl (C=O) groups is 4. The van der Waals surface area contributed by atoms with Crippen LogP contribution in [0.1, 0.15) is 158 Å². The van der Waals surface area contributed by atoms with Crippen LogP contribution in [0.5, 0.6) is 0 Å². The molecule has 5 aromatic heterocycles. The van der Waals surface area contributed by atoms with Gasteiger partial charge in [-0.15, -0.1) is 22.7 Å². The fraction of sp³-hybridized carbons (Fsp3) is 0.318. The Balaban J connectivity index is 0.000000107. The second-order valence-corrected chi connectivity index (χ2v) is 33.1. The van der Waals surface area contributed by atoms with E-state index < -0.39 is 22.4 Å². The van der Waals surface area contributed by atoms with Crippen molar-refractivity contribution in [3.63, 3.8) is 0 Å². The molecule has 20 nitrogen and oxygen atoms in total. The van der Waals surface area contributed by atoms with Crippen LogP contribution < -0.4 is 19.6 Å². The van der Waals surface area contributed by atoms with Crippen LogP contribution >= 0.6 is 22.7 Å². The molecule has 9 aliphatic rings. The lowest BCUT2D eigenvalue weighted by Gasteiger charge is -2.30. The summed E-state index contributed by atoms with van der Waals surface area (Å²) in [6.45, 7) is 24.2. The molecule has 0 radical (unpaired) electrons. The van der Waals surface area contributed by atoms with Crippen molar-refractivity contribution in [2.75, 3.05) is 45.8 Å². The van der Waals surface area contributed by atoms with Gasteiger partial charge in [0.2, 0.25) is 23.1 Å². The van der Waals surface area contributed by atoms with Crippen molar-refractivity contribution in [3.05, 3.63) is 221 Å². The SMILES string of the molecule is CCc1nc2cc(N3CC[C@@]4(O)C(=O)c5cc(C)c(C)cc5N=C34)ccc2s1.Cc1cc2c(cc1C)C(=O)[C@]1(O)CCN(c3ccc4nc(C)c(C)cc4c3)C1=N2.Cc1cc2c(cc1C)C(=O)[C@]1(O)CCN(c3cnc4c(c3)CCCC4)C1=N2.Cc1ccc2cc(N3CC[C@@]4(O)C(=O)c5cc(C)sc5N=C34)ccc2n1. The number of hydrogen-bond donors (Lipinski definition) is 4. The second kappa shape index (κ2) is 26.8. The number of anilines is 4. The van der Waals surface area contributed by atoms with E-state index in [-0.39, 0.29) is 23.1 Å². The molecule has 4 N–H and O–H groups in total. The quantitative estimate of drug-likeness (QED) is 0.125. The lowest BCUT2D eigenvalue weighted by molar-refractivity contribution is 0.0600. The van der Waals surface area contributed by atoms with Crippen LogP contribution in [0.3, 0.4) is 0 Å². The number of nitrogens with zero attached hydrogens (tertiary/aromatic N) is 12. The Morgan fingerprint density at radius 2 is 0.864 bits per heavy atom. The fourth-order valence-corrected chi connectivity index (χ4v) is 18.3. The number of aryl methyl sites for hydroxylation is 13. The summed E-state index contributed by atoms with van der Waals surface area (Å²) in [5.41, 5.74) is 16.3. The van der Waals surface area contributed by atoms with Gasteiger partial charge in [-0.2, -0.15) is 0 Å². The Labute approximate surface area is 645 Å². The van der Waals surface area contributed by atoms with Gasteiger partial charge >= 0.3 is 0 Å². The average molecular weight is 1500 g/mol. The number of Topliss-reactive ketones (excluding diaryl/α,β-unsaturated/α-hetero) is 4. The first-order valence-electron chi connectivity index (χ1n) is 37.7. The molecule has 6 aromatic carbocycles. The van der Waals surface area contributed by atoms with E-state index in [2.05, 4.69) is 56.1 Å². The van der Waals surface area contributed by atoms with Gasteiger partial charge in [0, 0.05) is 118 Å². The molecule has 8 aliphatic heterocycles. The lowest BCUT2D eigenvalue weighted by Crippen LogP contribution is -2.48. The molecule has 4 saturated heterocycles. The molecule has 0 amide bonds. The van der Waals surface area contributed by atoms with Gasteiger partial charge < -0.3 is 40.0 Å². The van der Waals surface area contributed by atoms with Gasteiger partial charge in [0.1, 0.15) is 22.5 Å². The molecule has 0 unspecified atom stereocenters. The molecule has 4 atom stereocenters. The maximum Gasteiger partial charge on any atom is 0.205 e. The molecule has 11 aromatic rings. The molecule has 1 aliphatic carbocycles. The number of rotatable bonds is 5. The Kier molecular flexibility index (Phi) is 17.6. The normalized spacial score (nSPS) is 21.7. The molecule has 22 heteroatoms. The first kappa shape index (κ1) is 72.2. The number of benzene rings is 6. The second-order valence-electron chi connectivity index (χ2n) is 30.8. The van der Waals surface area contributed by atoms with Crippen molar-refractivity contribution in [1.29, 1.82) is 0 Å². The number of carbonyl (C=O) groups excluding carboxylic acids is 4. The van der Waals surface area contributed by atoms with Gasteiger partial charge in [0.15, 0.2) is 28.2 Å². The summed E-state index contributed by atoms with van der Waals surface area (Å²) < 4.78 is 1.15. The summed E-state index contributed by atoms with van der Waals surface area (Å²) in [4.78, 5) is 98.7. The monoisotopic (exact) mass is 1500 g/mol. The van der Waals surface area contributed by atoms with Gasteiger partial charge in [-0.3, -0.25) is 34.1 Å². The predicted octanol–water partition coefficient (Wildman–Crippen LogP) is 15.9. The minimum absolute atomic E-state index is 0.234.